The van der Waals surface area contributed by atoms with Gasteiger partial charge in [0.05, 0.1) is 17.9 Å². The lowest BCUT2D eigenvalue weighted by Crippen LogP contribution is -2.27. The minimum absolute atomic E-state index is 0.402. The molecule has 84 valence electrons. The van der Waals surface area contributed by atoms with Crippen molar-refractivity contribution in [3.8, 4) is 0 Å². The summed E-state index contributed by atoms with van der Waals surface area (Å²) in [6.07, 6.45) is 5.61. The summed E-state index contributed by atoms with van der Waals surface area (Å²) in [7, 11) is 2.03. The van der Waals surface area contributed by atoms with Crippen molar-refractivity contribution in [3.05, 3.63) is 11.9 Å². The van der Waals surface area contributed by atoms with Crippen LogP contribution in [0.1, 0.15) is 44.8 Å². The maximum atomic E-state index is 4.14. The van der Waals surface area contributed by atoms with E-state index in [1.807, 2.05) is 17.9 Å². The second kappa shape index (κ2) is 3.93. The van der Waals surface area contributed by atoms with E-state index in [9.17, 15) is 0 Å². The van der Waals surface area contributed by atoms with Gasteiger partial charge < -0.3 is 5.32 Å². The summed E-state index contributed by atoms with van der Waals surface area (Å²) in [5, 5.41) is 11.6. The average molecular weight is 208 g/mol. The van der Waals surface area contributed by atoms with Crippen LogP contribution >= 0.6 is 0 Å². The van der Waals surface area contributed by atoms with E-state index >= 15 is 0 Å². The third kappa shape index (κ3) is 1.91. The highest BCUT2D eigenvalue weighted by atomic mass is 15.4. The highest BCUT2D eigenvalue weighted by molar-refractivity contribution is 5.12. The fraction of sp³-hybridized carbons (Fsp3) is 0.818. The molecule has 0 aliphatic heterocycles. The quantitative estimate of drug-likeness (QED) is 0.801. The molecule has 1 fully saturated rings. The Kier molecular flexibility index (Phi) is 2.78. The van der Waals surface area contributed by atoms with Gasteiger partial charge in [0.2, 0.25) is 0 Å². The van der Waals surface area contributed by atoms with Crippen molar-refractivity contribution < 1.29 is 0 Å². The fourth-order valence-electron chi connectivity index (χ4n) is 2.21. The molecule has 1 aromatic rings. The maximum absolute atomic E-state index is 4.14. The van der Waals surface area contributed by atoms with Crippen LogP contribution in [0.3, 0.4) is 0 Å². The third-order valence-corrected chi connectivity index (χ3v) is 3.40. The molecule has 1 saturated carbocycles. The molecule has 0 amide bonds. The van der Waals surface area contributed by atoms with E-state index < -0.39 is 0 Å². The monoisotopic (exact) mass is 208 g/mol. The number of nitrogens with zero attached hydrogens (tertiary/aromatic N) is 3. The largest absolute Gasteiger partial charge is 0.311 e. The SMILES string of the molecule is CCCn1nncc1C(NC)C1(C)CC1. The number of aryl methyl sites for hydroxylation is 1. The van der Waals surface area contributed by atoms with Crippen LogP contribution < -0.4 is 5.32 Å². The lowest BCUT2D eigenvalue weighted by Gasteiger charge is -2.23. The van der Waals surface area contributed by atoms with Gasteiger partial charge in [-0.2, -0.15) is 0 Å². The Bertz CT molecular complexity index is 327. The molecule has 0 bridgehead atoms. The van der Waals surface area contributed by atoms with E-state index in [2.05, 4.69) is 29.5 Å². The number of hydrogen-bond donors (Lipinski definition) is 1. The zero-order valence-electron chi connectivity index (χ0n) is 9.82. The molecule has 0 aromatic carbocycles. The summed E-state index contributed by atoms with van der Waals surface area (Å²) in [5.41, 5.74) is 1.65. The molecule has 1 aromatic heterocycles. The lowest BCUT2D eigenvalue weighted by atomic mass is 9.96. The van der Waals surface area contributed by atoms with Crippen molar-refractivity contribution >= 4 is 0 Å². The van der Waals surface area contributed by atoms with Crippen LogP contribution in [0.4, 0.5) is 0 Å². The molecule has 1 heterocycles. The number of nitrogens with one attached hydrogen (secondary N) is 1. The molecule has 4 heteroatoms. The van der Waals surface area contributed by atoms with Gasteiger partial charge in [0.25, 0.3) is 0 Å². The second-order valence-corrected chi connectivity index (χ2v) is 4.76. The minimum atomic E-state index is 0.402. The van der Waals surface area contributed by atoms with E-state index in [0.29, 0.717) is 11.5 Å². The molecule has 0 saturated heterocycles. The predicted octanol–water partition coefficient (Wildman–Crippen LogP) is 1.75. The van der Waals surface area contributed by atoms with E-state index in [1.54, 1.807) is 0 Å². The average Bonchev–Trinajstić information content (AvgIpc) is 2.78. The Morgan fingerprint density at radius 3 is 2.87 bits per heavy atom. The normalized spacial score (nSPS) is 20.2. The Labute approximate surface area is 91.1 Å². The first kappa shape index (κ1) is 10.6. The molecule has 1 aliphatic carbocycles. The van der Waals surface area contributed by atoms with Gasteiger partial charge in [0, 0.05) is 6.54 Å². The Morgan fingerprint density at radius 2 is 2.33 bits per heavy atom. The summed E-state index contributed by atoms with van der Waals surface area (Å²) in [6, 6.07) is 0.402. The van der Waals surface area contributed by atoms with Gasteiger partial charge in [-0.1, -0.05) is 19.1 Å². The standard InChI is InChI=1S/C11H20N4/c1-4-7-15-9(8-13-14-15)10(12-3)11(2)5-6-11/h8,10,12H,4-7H2,1-3H3. The topological polar surface area (TPSA) is 42.7 Å². The lowest BCUT2D eigenvalue weighted by molar-refractivity contribution is 0.361. The summed E-state index contributed by atoms with van der Waals surface area (Å²) in [6.45, 7) is 5.46. The molecule has 2 rings (SSSR count). The Morgan fingerprint density at radius 1 is 1.60 bits per heavy atom. The van der Waals surface area contributed by atoms with Gasteiger partial charge in [-0.3, -0.25) is 0 Å². The molecule has 0 spiro atoms. The van der Waals surface area contributed by atoms with Gasteiger partial charge >= 0.3 is 0 Å². The molecule has 1 atom stereocenters. The van der Waals surface area contributed by atoms with Crippen LogP contribution in [0.5, 0.6) is 0 Å². The van der Waals surface area contributed by atoms with Crippen LogP contribution in [-0.2, 0) is 6.54 Å². The number of aromatic nitrogens is 3. The predicted molar refractivity (Wildman–Crippen MR) is 59.5 cm³/mol. The highest BCUT2D eigenvalue weighted by Gasteiger charge is 2.46. The van der Waals surface area contributed by atoms with E-state index in [1.165, 1.54) is 18.5 Å². The van der Waals surface area contributed by atoms with E-state index in [-0.39, 0.29) is 0 Å². The summed E-state index contributed by atoms with van der Waals surface area (Å²) < 4.78 is 2.03. The van der Waals surface area contributed by atoms with Crippen molar-refractivity contribution in [2.45, 2.75) is 45.7 Å². The Balaban J connectivity index is 2.22. The van der Waals surface area contributed by atoms with Gasteiger partial charge in [-0.25, -0.2) is 4.68 Å². The van der Waals surface area contributed by atoms with Crippen molar-refractivity contribution in [2.75, 3.05) is 7.05 Å². The molecule has 0 radical (unpaired) electrons. The molecular formula is C11H20N4. The summed E-state index contributed by atoms with van der Waals surface area (Å²) in [5.74, 6) is 0. The van der Waals surface area contributed by atoms with Gasteiger partial charge in [-0.05, 0) is 31.7 Å². The third-order valence-electron chi connectivity index (χ3n) is 3.40. The maximum Gasteiger partial charge on any atom is 0.0762 e. The number of hydrogen-bond acceptors (Lipinski definition) is 3. The number of rotatable bonds is 5. The molecule has 1 aliphatic rings. The van der Waals surface area contributed by atoms with Crippen molar-refractivity contribution in [1.29, 1.82) is 0 Å². The highest BCUT2D eigenvalue weighted by Crippen LogP contribution is 2.54. The minimum Gasteiger partial charge on any atom is -0.311 e. The molecule has 1 N–H and O–H groups in total. The van der Waals surface area contributed by atoms with E-state index in [0.717, 1.165) is 13.0 Å². The molecule has 4 nitrogen and oxygen atoms in total. The molecular weight excluding hydrogens is 188 g/mol. The Hall–Kier alpha value is -0.900. The van der Waals surface area contributed by atoms with Crippen LogP contribution in [0.2, 0.25) is 0 Å². The van der Waals surface area contributed by atoms with Gasteiger partial charge in [-0.15, -0.1) is 5.10 Å². The zero-order valence-corrected chi connectivity index (χ0v) is 9.82. The summed E-state index contributed by atoms with van der Waals surface area (Å²) in [4.78, 5) is 0. The fourth-order valence-corrected chi connectivity index (χ4v) is 2.21. The van der Waals surface area contributed by atoms with Crippen molar-refractivity contribution in [1.82, 2.24) is 20.3 Å². The molecule has 15 heavy (non-hydrogen) atoms. The first-order valence-corrected chi connectivity index (χ1v) is 5.77. The van der Waals surface area contributed by atoms with Crippen LogP contribution in [0.25, 0.3) is 0 Å². The van der Waals surface area contributed by atoms with E-state index in [4.69, 9.17) is 0 Å². The smallest absolute Gasteiger partial charge is 0.0762 e. The molecule has 1 unspecified atom stereocenters. The zero-order chi connectivity index (χ0) is 10.9. The van der Waals surface area contributed by atoms with Crippen LogP contribution in [0, 0.1) is 5.41 Å². The van der Waals surface area contributed by atoms with Crippen molar-refractivity contribution in [2.24, 2.45) is 5.41 Å². The second-order valence-electron chi connectivity index (χ2n) is 4.76. The van der Waals surface area contributed by atoms with Gasteiger partial charge in [0.1, 0.15) is 0 Å². The van der Waals surface area contributed by atoms with Crippen LogP contribution in [0.15, 0.2) is 6.20 Å². The first-order chi connectivity index (χ1) is 7.21. The first-order valence-electron chi connectivity index (χ1n) is 5.77. The van der Waals surface area contributed by atoms with Gasteiger partial charge in [0.15, 0.2) is 0 Å². The van der Waals surface area contributed by atoms with Crippen molar-refractivity contribution in [3.63, 3.8) is 0 Å². The van der Waals surface area contributed by atoms with Crippen LogP contribution in [-0.4, -0.2) is 22.0 Å². The summed E-state index contributed by atoms with van der Waals surface area (Å²) >= 11 is 0.